The lowest BCUT2D eigenvalue weighted by Gasteiger charge is -1.94. The second-order valence-electron chi connectivity index (χ2n) is 4.83. The van der Waals surface area contributed by atoms with E-state index in [2.05, 4.69) is 29.9 Å². The molecule has 0 radical (unpaired) electrons. The van der Waals surface area contributed by atoms with E-state index in [1.807, 2.05) is 0 Å². The van der Waals surface area contributed by atoms with Gasteiger partial charge in [-0.15, -0.1) is 0 Å². The Morgan fingerprint density at radius 3 is 2.88 bits per heavy atom. The number of rotatable bonds is 0. The molecule has 25 heavy (non-hydrogen) atoms. The van der Waals surface area contributed by atoms with Crippen LogP contribution in [-0.2, 0) is 9.53 Å². The van der Waals surface area contributed by atoms with E-state index in [1.54, 1.807) is 36.7 Å². The summed E-state index contributed by atoms with van der Waals surface area (Å²) in [5.74, 6) is 0.152. The SMILES string of the molecule is O=C1COC=CC=CC=Nc2ncnc3c2=C(C=NC=CC=N1)CN=3. The fraction of sp³-hybridized carbons (Fsp3) is 0.118. The van der Waals surface area contributed by atoms with Gasteiger partial charge in [0.15, 0.2) is 17.9 Å². The molecular weight excluding hydrogens is 320 g/mol. The van der Waals surface area contributed by atoms with Crippen LogP contribution >= 0.6 is 0 Å². The first-order chi connectivity index (χ1) is 12.3. The Hall–Kier alpha value is -3.55. The summed E-state index contributed by atoms with van der Waals surface area (Å²) in [5.41, 5.74) is 1.48. The van der Waals surface area contributed by atoms with Crippen molar-refractivity contribution in [2.75, 3.05) is 13.2 Å². The second kappa shape index (κ2) is 8.34. The minimum absolute atomic E-state index is 0.126. The zero-order valence-corrected chi connectivity index (χ0v) is 13.2. The van der Waals surface area contributed by atoms with Gasteiger partial charge in [0.05, 0.1) is 18.0 Å². The Labute approximate surface area is 143 Å². The molecule has 0 bridgehead atoms. The Balaban J connectivity index is 1.98. The van der Waals surface area contributed by atoms with Crippen LogP contribution in [0.3, 0.4) is 0 Å². The number of carbonyl (C=O) groups is 1. The Morgan fingerprint density at radius 2 is 1.92 bits per heavy atom. The van der Waals surface area contributed by atoms with E-state index in [4.69, 9.17) is 4.74 Å². The van der Waals surface area contributed by atoms with Gasteiger partial charge in [-0.3, -0.25) is 14.8 Å². The number of aromatic nitrogens is 2. The van der Waals surface area contributed by atoms with Crippen LogP contribution in [0.5, 0.6) is 0 Å². The van der Waals surface area contributed by atoms with Crippen LogP contribution in [0.1, 0.15) is 0 Å². The molecule has 2 aliphatic rings. The van der Waals surface area contributed by atoms with Crippen LogP contribution in [0, 0.1) is 0 Å². The topological polar surface area (TPSA) is 102 Å². The third-order valence-electron chi connectivity index (χ3n) is 3.12. The minimum Gasteiger partial charge on any atom is -0.491 e. The van der Waals surface area contributed by atoms with Crippen LogP contribution in [0.25, 0.3) is 5.57 Å². The molecule has 0 N–H and O–H groups in total. The normalized spacial score (nSPS) is 17.0. The molecule has 124 valence electrons. The third kappa shape index (κ3) is 4.47. The fourth-order valence-corrected chi connectivity index (χ4v) is 2.05. The van der Waals surface area contributed by atoms with Crippen LogP contribution in [0.15, 0.2) is 63.1 Å². The summed E-state index contributed by atoms with van der Waals surface area (Å²) >= 11 is 0. The summed E-state index contributed by atoms with van der Waals surface area (Å²) in [6.07, 6.45) is 15.7. The molecule has 1 aromatic heterocycles. The Bertz CT molecular complexity index is 954. The van der Waals surface area contributed by atoms with Gasteiger partial charge in [-0.05, 0) is 18.2 Å². The highest BCUT2D eigenvalue weighted by atomic mass is 16.5. The molecular formula is C17H14N6O2. The maximum absolute atomic E-state index is 11.4. The van der Waals surface area contributed by atoms with Gasteiger partial charge in [-0.25, -0.2) is 20.0 Å². The zero-order chi connectivity index (χ0) is 17.3. The van der Waals surface area contributed by atoms with Crippen molar-refractivity contribution in [2.24, 2.45) is 20.0 Å². The van der Waals surface area contributed by atoms with E-state index in [9.17, 15) is 4.79 Å². The summed E-state index contributed by atoms with van der Waals surface area (Å²) in [6, 6.07) is 0. The first kappa shape index (κ1) is 16.3. The number of allylic oxidation sites excluding steroid dienone is 4. The highest BCUT2D eigenvalue weighted by Gasteiger charge is 2.09. The number of ether oxygens (including phenoxy) is 1. The average molecular weight is 334 g/mol. The van der Waals surface area contributed by atoms with Crippen molar-refractivity contribution in [3.05, 3.63) is 53.8 Å². The molecule has 1 aromatic rings. The molecule has 8 heteroatoms. The molecule has 3 heterocycles. The minimum atomic E-state index is -0.385. The Kier molecular flexibility index (Phi) is 5.44. The highest BCUT2D eigenvalue weighted by Crippen LogP contribution is 2.02. The molecule has 0 saturated heterocycles. The maximum atomic E-state index is 11.4. The van der Waals surface area contributed by atoms with Crippen LogP contribution < -0.4 is 10.7 Å². The van der Waals surface area contributed by atoms with E-state index >= 15 is 0 Å². The van der Waals surface area contributed by atoms with E-state index in [0.717, 1.165) is 10.8 Å². The van der Waals surface area contributed by atoms with Crippen LogP contribution in [0.4, 0.5) is 5.82 Å². The zero-order valence-electron chi connectivity index (χ0n) is 13.2. The van der Waals surface area contributed by atoms with E-state index in [-0.39, 0.29) is 12.5 Å². The van der Waals surface area contributed by atoms with Gasteiger partial charge in [0.25, 0.3) is 5.91 Å². The van der Waals surface area contributed by atoms with E-state index in [0.29, 0.717) is 17.9 Å². The van der Waals surface area contributed by atoms with Gasteiger partial charge in [-0.2, -0.15) is 0 Å². The van der Waals surface area contributed by atoms with E-state index in [1.165, 1.54) is 25.0 Å². The second-order valence-corrected chi connectivity index (χ2v) is 4.83. The van der Waals surface area contributed by atoms with Gasteiger partial charge in [0, 0.05) is 30.4 Å². The first-order valence-electron chi connectivity index (χ1n) is 7.46. The fourth-order valence-electron chi connectivity index (χ4n) is 2.05. The average Bonchev–Trinajstić information content (AvgIpc) is 3.03. The first-order valence-corrected chi connectivity index (χ1v) is 7.46. The van der Waals surface area contributed by atoms with Crippen molar-refractivity contribution in [1.82, 2.24) is 9.97 Å². The van der Waals surface area contributed by atoms with Crippen LogP contribution in [-0.4, -0.2) is 47.7 Å². The summed E-state index contributed by atoms with van der Waals surface area (Å²) in [4.78, 5) is 36.4. The molecule has 0 spiro atoms. The lowest BCUT2D eigenvalue weighted by molar-refractivity contribution is -0.120. The maximum Gasteiger partial charge on any atom is 0.283 e. The number of aliphatic imine (C=N–C) groups is 3. The monoisotopic (exact) mass is 334 g/mol. The van der Waals surface area contributed by atoms with Crippen molar-refractivity contribution < 1.29 is 9.53 Å². The largest absolute Gasteiger partial charge is 0.491 e. The molecule has 1 amide bonds. The number of nitrogens with zero attached hydrogens (tertiary/aromatic N) is 6. The molecule has 0 saturated carbocycles. The molecule has 3 rings (SSSR count). The lowest BCUT2D eigenvalue weighted by atomic mass is 10.2. The number of amides is 1. The third-order valence-corrected chi connectivity index (χ3v) is 3.12. The summed E-state index contributed by atoms with van der Waals surface area (Å²) < 4.78 is 5.06. The lowest BCUT2D eigenvalue weighted by Crippen LogP contribution is -2.28. The van der Waals surface area contributed by atoms with Gasteiger partial charge in [0.1, 0.15) is 6.33 Å². The number of hydrogen-bond donors (Lipinski definition) is 0. The van der Waals surface area contributed by atoms with Crippen molar-refractivity contribution in [3.8, 4) is 0 Å². The predicted molar refractivity (Wildman–Crippen MR) is 94.6 cm³/mol. The highest BCUT2D eigenvalue weighted by molar-refractivity contribution is 6.04. The van der Waals surface area contributed by atoms with Crippen LogP contribution in [0.2, 0.25) is 0 Å². The van der Waals surface area contributed by atoms with Gasteiger partial charge >= 0.3 is 0 Å². The van der Waals surface area contributed by atoms with Crippen molar-refractivity contribution in [2.45, 2.75) is 0 Å². The van der Waals surface area contributed by atoms with Crippen molar-refractivity contribution in [1.29, 1.82) is 0 Å². The summed E-state index contributed by atoms with van der Waals surface area (Å²) in [7, 11) is 0. The van der Waals surface area contributed by atoms with Gasteiger partial charge < -0.3 is 4.74 Å². The van der Waals surface area contributed by atoms with Crippen molar-refractivity contribution in [3.63, 3.8) is 0 Å². The standard InChI is InChI=1S/C17H14N6O2/c24-14-11-25-8-3-1-2-6-20-16-15-13(9-18-5-4-7-19-14)10-21-17(15)23-12-22-16/h1-9,12H,10-11H2. The molecule has 0 aliphatic carbocycles. The summed E-state index contributed by atoms with van der Waals surface area (Å²) in [6.45, 7) is 0.342. The van der Waals surface area contributed by atoms with Gasteiger partial charge in [0.2, 0.25) is 0 Å². The molecule has 0 fully saturated rings. The quantitative estimate of drug-likeness (QED) is 0.678. The predicted octanol–water partition coefficient (Wildman–Crippen LogP) is 0.245. The molecule has 0 aromatic carbocycles. The number of hydrogen-bond acceptors (Lipinski definition) is 7. The molecule has 0 unspecified atom stereocenters. The van der Waals surface area contributed by atoms with Crippen molar-refractivity contribution >= 4 is 35.9 Å². The molecule has 8 nitrogen and oxygen atoms in total. The smallest absolute Gasteiger partial charge is 0.283 e. The van der Waals surface area contributed by atoms with Gasteiger partial charge in [-0.1, -0.05) is 6.08 Å². The molecule has 2 aliphatic heterocycles. The number of carbonyl (C=O) groups excluding carboxylic acids is 1. The summed E-state index contributed by atoms with van der Waals surface area (Å²) in [5, 5.41) is 0.771. The van der Waals surface area contributed by atoms with E-state index < -0.39 is 0 Å². The molecule has 0 atom stereocenters. The Morgan fingerprint density at radius 1 is 1.00 bits per heavy atom.